The molecule has 0 aliphatic carbocycles. The van der Waals surface area contributed by atoms with Crippen molar-refractivity contribution in [3.05, 3.63) is 60.2 Å². The van der Waals surface area contributed by atoms with Crippen molar-refractivity contribution in [1.29, 1.82) is 0 Å². The Morgan fingerprint density at radius 2 is 1.50 bits per heavy atom. The number of hydrogen-bond acceptors (Lipinski definition) is 5. The molecular weight excluding hydrogens is 376 g/mol. The number of piperazine rings is 2. The molecule has 4 rings (SSSR count). The van der Waals surface area contributed by atoms with Gasteiger partial charge in [-0.2, -0.15) is 0 Å². The highest BCUT2D eigenvalue weighted by atomic mass is 16.3. The Bertz CT molecular complexity index is 828. The van der Waals surface area contributed by atoms with Gasteiger partial charge >= 0.3 is 0 Å². The molecule has 0 saturated carbocycles. The molecule has 2 aromatic rings. The maximum absolute atomic E-state index is 13.1. The standard InChI is InChI=1S/C24H32N4O2/c1-20(26-15-17-27(18-16-26)22-9-5-6-10-23(22)29)24(30)28-13-11-25(12-14-28)19-21-7-3-2-4-8-21/h2-10,20,29H,11-19H2,1H3. The van der Waals surface area contributed by atoms with Crippen molar-refractivity contribution in [2.45, 2.75) is 19.5 Å². The quantitative estimate of drug-likeness (QED) is 0.822. The van der Waals surface area contributed by atoms with E-state index in [1.165, 1.54) is 5.56 Å². The summed E-state index contributed by atoms with van der Waals surface area (Å²) < 4.78 is 0. The van der Waals surface area contributed by atoms with Crippen molar-refractivity contribution in [3.8, 4) is 5.75 Å². The van der Waals surface area contributed by atoms with Crippen molar-refractivity contribution in [3.63, 3.8) is 0 Å². The van der Waals surface area contributed by atoms with Gasteiger partial charge in [0.2, 0.25) is 5.91 Å². The molecule has 1 amide bonds. The molecule has 0 spiro atoms. The summed E-state index contributed by atoms with van der Waals surface area (Å²) in [4.78, 5) is 22.0. The van der Waals surface area contributed by atoms with Crippen molar-refractivity contribution < 1.29 is 9.90 Å². The third kappa shape index (κ3) is 4.77. The Morgan fingerprint density at radius 1 is 0.867 bits per heavy atom. The lowest BCUT2D eigenvalue weighted by Crippen LogP contribution is -2.57. The molecule has 160 valence electrons. The second-order valence-electron chi connectivity index (χ2n) is 8.27. The van der Waals surface area contributed by atoms with E-state index in [-0.39, 0.29) is 11.9 Å². The Hall–Kier alpha value is -2.57. The minimum atomic E-state index is -0.0998. The zero-order valence-corrected chi connectivity index (χ0v) is 17.8. The zero-order valence-electron chi connectivity index (χ0n) is 17.8. The van der Waals surface area contributed by atoms with Crippen LogP contribution in [-0.4, -0.2) is 84.1 Å². The van der Waals surface area contributed by atoms with E-state index in [0.717, 1.165) is 64.6 Å². The summed E-state index contributed by atoms with van der Waals surface area (Å²) >= 11 is 0. The number of hydrogen-bond donors (Lipinski definition) is 1. The highest BCUT2D eigenvalue weighted by Gasteiger charge is 2.30. The summed E-state index contributed by atoms with van der Waals surface area (Å²) in [7, 11) is 0. The van der Waals surface area contributed by atoms with E-state index < -0.39 is 0 Å². The summed E-state index contributed by atoms with van der Waals surface area (Å²) in [5, 5.41) is 10.1. The first-order valence-electron chi connectivity index (χ1n) is 10.9. The van der Waals surface area contributed by atoms with Crippen LogP contribution < -0.4 is 4.90 Å². The van der Waals surface area contributed by atoms with Gasteiger partial charge in [0.05, 0.1) is 11.7 Å². The lowest BCUT2D eigenvalue weighted by molar-refractivity contribution is -0.138. The molecule has 2 heterocycles. The van der Waals surface area contributed by atoms with Crippen LogP contribution in [0.1, 0.15) is 12.5 Å². The molecule has 2 fully saturated rings. The number of nitrogens with zero attached hydrogens (tertiary/aromatic N) is 4. The highest BCUT2D eigenvalue weighted by molar-refractivity contribution is 5.81. The van der Waals surface area contributed by atoms with Crippen molar-refractivity contribution in [2.75, 3.05) is 57.3 Å². The number of rotatable bonds is 5. The van der Waals surface area contributed by atoms with Gasteiger partial charge in [-0.15, -0.1) is 0 Å². The topological polar surface area (TPSA) is 50.3 Å². The van der Waals surface area contributed by atoms with Crippen LogP contribution in [0.15, 0.2) is 54.6 Å². The molecule has 0 aromatic heterocycles. The molecule has 2 aliphatic rings. The van der Waals surface area contributed by atoms with Crippen LogP contribution in [-0.2, 0) is 11.3 Å². The zero-order chi connectivity index (χ0) is 20.9. The number of carbonyl (C=O) groups excluding carboxylic acids is 1. The van der Waals surface area contributed by atoms with E-state index in [2.05, 4.69) is 39.0 Å². The molecule has 2 aromatic carbocycles. The van der Waals surface area contributed by atoms with E-state index in [1.807, 2.05) is 36.1 Å². The molecule has 2 aliphatic heterocycles. The van der Waals surface area contributed by atoms with Crippen LogP contribution in [0.5, 0.6) is 5.75 Å². The first-order valence-corrected chi connectivity index (χ1v) is 10.9. The summed E-state index contributed by atoms with van der Waals surface area (Å²) in [5.41, 5.74) is 2.21. The fraction of sp³-hybridized carbons (Fsp3) is 0.458. The maximum Gasteiger partial charge on any atom is 0.239 e. The van der Waals surface area contributed by atoms with Gasteiger partial charge in [-0.1, -0.05) is 42.5 Å². The number of aromatic hydroxyl groups is 1. The summed E-state index contributed by atoms with van der Waals surface area (Å²) in [6.45, 7) is 9.73. The first-order chi connectivity index (χ1) is 14.6. The first kappa shape index (κ1) is 20.7. The average molecular weight is 409 g/mol. The molecule has 1 unspecified atom stereocenters. The van der Waals surface area contributed by atoms with Gasteiger partial charge in [0.15, 0.2) is 0 Å². The van der Waals surface area contributed by atoms with E-state index in [0.29, 0.717) is 5.75 Å². The molecule has 0 radical (unpaired) electrons. The Labute approximate surface area is 179 Å². The number of phenols is 1. The number of amides is 1. The number of para-hydroxylation sites is 2. The largest absolute Gasteiger partial charge is 0.506 e. The van der Waals surface area contributed by atoms with E-state index in [4.69, 9.17) is 0 Å². The molecule has 30 heavy (non-hydrogen) atoms. The number of benzene rings is 2. The molecule has 6 nitrogen and oxygen atoms in total. The summed E-state index contributed by atoms with van der Waals surface area (Å²) in [6, 6.07) is 17.9. The molecule has 1 atom stereocenters. The fourth-order valence-corrected chi connectivity index (χ4v) is 4.47. The van der Waals surface area contributed by atoms with Gasteiger partial charge in [-0.05, 0) is 24.6 Å². The smallest absolute Gasteiger partial charge is 0.239 e. The Morgan fingerprint density at radius 3 is 2.17 bits per heavy atom. The SMILES string of the molecule is CC(C(=O)N1CCN(Cc2ccccc2)CC1)N1CCN(c2ccccc2O)CC1. The van der Waals surface area contributed by atoms with Crippen LogP contribution in [0.4, 0.5) is 5.69 Å². The minimum absolute atomic E-state index is 0.0998. The van der Waals surface area contributed by atoms with Gasteiger partial charge in [0.1, 0.15) is 5.75 Å². The Kier molecular flexibility index (Phi) is 6.55. The second-order valence-corrected chi connectivity index (χ2v) is 8.27. The van der Waals surface area contributed by atoms with Gasteiger partial charge in [0.25, 0.3) is 0 Å². The van der Waals surface area contributed by atoms with Crippen LogP contribution in [0.25, 0.3) is 0 Å². The fourth-order valence-electron chi connectivity index (χ4n) is 4.47. The van der Waals surface area contributed by atoms with E-state index in [1.54, 1.807) is 6.07 Å². The lowest BCUT2D eigenvalue weighted by atomic mass is 10.1. The molecular formula is C24H32N4O2. The Balaban J connectivity index is 1.25. The van der Waals surface area contributed by atoms with Gasteiger partial charge in [0, 0.05) is 58.9 Å². The van der Waals surface area contributed by atoms with E-state index in [9.17, 15) is 9.90 Å². The van der Waals surface area contributed by atoms with Gasteiger partial charge in [-0.3, -0.25) is 14.6 Å². The molecule has 1 N–H and O–H groups in total. The van der Waals surface area contributed by atoms with Crippen LogP contribution in [0.3, 0.4) is 0 Å². The van der Waals surface area contributed by atoms with Crippen LogP contribution >= 0.6 is 0 Å². The van der Waals surface area contributed by atoms with Crippen molar-refractivity contribution in [1.82, 2.24) is 14.7 Å². The predicted octanol–water partition coefficient (Wildman–Crippen LogP) is 2.25. The average Bonchev–Trinajstić information content (AvgIpc) is 2.80. The van der Waals surface area contributed by atoms with Gasteiger partial charge in [-0.25, -0.2) is 0 Å². The van der Waals surface area contributed by atoms with Crippen LogP contribution in [0.2, 0.25) is 0 Å². The number of carbonyl (C=O) groups is 1. The summed E-state index contributed by atoms with van der Waals surface area (Å²) in [5.74, 6) is 0.564. The van der Waals surface area contributed by atoms with Crippen molar-refractivity contribution in [2.24, 2.45) is 0 Å². The van der Waals surface area contributed by atoms with Crippen molar-refractivity contribution >= 4 is 11.6 Å². The molecule has 2 saturated heterocycles. The predicted molar refractivity (Wildman–Crippen MR) is 120 cm³/mol. The summed E-state index contributed by atoms with van der Waals surface area (Å²) in [6.07, 6.45) is 0. The highest BCUT2D eigenvalue weighted by Crippen LogP contribution is 2.27. The minimum Gasteiger partial charge on any atom is -0.506 e. The monoisotopic (exact) mass is 408 g/mol. The third-order valence-electron chi connectivity index (χ3n) is 6.37. The number of phenolic OH excluding ortho intramolecular Hbond substituents is 1. The second kappa shape index (κ2) is 9.49. The number of anilines is 1. The molecule has 0 bridgehead atoms. The normalized spacial score (nSPS) is 19.6. The maximum atomic E-state index is 13.1. The van der Waals surface area contributed by atoms with Gasteiger partial charge < -0.3 is 14.9 Å². The van der Waals surface area contributed by atoms with Crippen LogP contribution in [0, 0.1) is 0 Å². The molecule has 6 heteroatoms. The van der Waals surface area contributed by atoms with E-state index >= 15 is 0 Å². The third-order valence-corrected chi connectivity index (χ3v) is 6.37. The lowest BCUT2D eigenvalue weighted by Gasteiger charge is -2.41.